The minimum atomic E-state index is -1.43. The minimum Gasteiger partial charge on any atom is -0.472 e. The summed E-state index contributed by atoms with van der Waals surface area (Å²) in [4.78, 5) is 20.4. The molecule has 1 unspecified atom stereocenters. The molecular weight excluding hydrogens is 723 g/mol. The molecule has 0 aliphatic carbocycles. The molecule has 4 heterocycles. The molecule has 4 aromatic carbocycles. The maximum atomic E-state index is 13.9. The van der Waals surface area contributed by atoms with E-state index in [0.717, 1.165) is 45.0 Å². The Morgan fingerprint density at radius 3 is 2.18 bits per heavy atom. The van der Waals surface area contributed by atoms with Crippen molar-refractivity contribution in [3.05, 3.63) is 137 Å². The second-order valence-corrected chi connectivity index (χ2v) is 13.5. The van der Waals surface area contributed by atoms with E-state index in [1.165, 1.54) is 11.9 Å². The van der Waals surface area contributed by atoms with E-state index < -0.39 is 22.6 Å². The summed E-state index contributed by atoms with van der Waals surface area (Å²) in [5.41, 5.74) is 5.25. The number of aromatic nitrogens is 5. The Morgan fingerprint density at radius 1 is 0.780 bits per heavy atom. The van der Waals surface area contributed by atoms with Crippen molar-refractivity contribution < 1.29 is 17.4 Å². The van der Waals surface area contributed by atoms with E-state index in [0.29, 0.717) is 32.0 Å². The van der Waals surface area contributed by atoms with Gasteiger partial charge in [0.05, 0.1) is 66.4 Å². The van der Waals surface area contributed by atoms with Gasteiger partial charge in [0.1, 0.15) is 34.6 Å². The van der Waals surface area contributed by atoms with Gasteiger partial charge in [0.2, 0.25) is 0 Å². The SMILES string of the molecule is Fc1cnc(-c2nc3ccc(SNc4ccccc4Cl)cc3[nH]2)c(F)c1.O=S(Nc1ccccc1Cl)c1ccc2nc(-c3ccoc3)[nH]c2c1. The molecule has 0 saturated carbocycles. The molecule has 0 aliphatic rings. The Hall–Kier alpha value is -5.21. The van der Waals surface area contributed by atoms with Crippen LogP contribution in [0.1, 0.15) is 0 Å². The fraction of sp³-hybridized carbons (Fsp3) is 0. The zero-order chi connectivity index (χ0) is 34.6. The number of furan rings is 1. The summed E-state index contributed by atoms with van der Waals surface area (Å²) >= 11 is 13.6. The first kappa shape index (κ1) is 33.3. The zero-order valence-electron chi connectivity index (χ0n) is 25.5. The van der Waals surface area contributed by atoms with Gasteiger partial charge in [-0.2, -0.15) is 0 Å². The number of benzene rings is 4. The summed E-state index contributed by atoms with van der Waals surface area (Å²) < 4.78 is 50.6. The third-order valence-electron chi connectivity index (χ3n) is 7.18. The molecule has 0 radical (unpaired) electrons. The molecule has 4 N–H and O–H groups in total. The number of pyridine rings is 1. The number of halogens is 4. The van der Waals surface area contributed by atoms with E-state index in [-0.39, 0.29) is 11.5 Å². The number of H-pyrrole nitrogens is 2. The molecule has 9 nitrogen and oxygen atoms in total. The number of imidazole rings is 2. The van der Waals surface area contributed by atoms with E-state index in [1.54, 1.807) is 36.8 Å². The monoisotopic (exact) mass is 745 g/mol. The van der Waals surface area contributed by atoms with Gasteiger partial charge in [-0.15, -0.1) is 0 Å². The second-order valence-electron chi connectivity index (χ2n) is 10.6. The maximum Gasteiger partial charge on any atom is 0.160 e. The predicted molar refractivity (Wildman–Crippen MR) is 195 cm³/mol. The number of nitrogens with one attached hydrogen (secondary N) is 4. The quantitative estimate of drug-likeness (QED) is 0.114. The topological polar surface area (TPSA) is 125 Å². The Morgan fingerprint density at radius 2 is 1.46 bits per heavy atom. The van der Waals surface area contributed by atoms with E-state index in [2.05, 4.69) is 34.4 Å². The van der Waals surface area contributed by atoms with E-state index >= 15 is 0 Å². The van der Waals surface area contributed by atoms with Crippen LogP contribution in [-0.2, 0) is 11.0 Å². The van der Waals surface area contributed by atoms with Crippen molar-refractivity contribution >= 4 is 79.6 Å². The van der Waals surface area contributed by atoms with Crippen molar-refractivity contribution in [3.63, 3.8) is 0 Å². The Labute approximate surface area is 300 Å². The highest BCUT2D eigenvalue weighted by Crippen LogP contribution is 2.30. The highest BCUT2D eigenvalue weighted by molar-refractivity contribution is 8.00. The van der Waals surface area contributed by atoms with Crippen LogP contribution in [0.4, 0.5) is 20.2 Å². The predicted octanol–water partition coefficient (Wildman–Crippen LogP) is 10.3. The highest BCUT2D eigenvalue weighted by Gasteiger charge is 2.14. The van der Waals surface area contributed by atoms with Gasteiger partial charge >= 0.3 is 0 Å². The zero-order valence-corrected chi connectivity index (χ0v) is 28.6. The second kappa shape index (κ2) is 14.7. The Kier molecular flexibility index (Phi) is 9.81. The molecular formula is C35H23Cl2F2N7O2S2. The summed E-state index contributed by atoms with van der Waals surface area (Å²) in [6.45, 7) is 0. The molecule has 0 spiro atoms. The maximum absolute atomic E-state index is 13.9. The smallest absolute Gasteiger partial charge is 0.160 e. The lowest BCUT2D eigenvalue weighted by Gasteiger charge is -2.07. The number of hydrogen-bond donors (Lipinski definition) is 4. The van der Waals surface area contributed by atoms with Crippen LogP contribution < -0.4 is 9.44 Å². The first-order valence-electron chi connectivity index (χ1n) is 14.7. The first-order valence-corrected chi connectivity index (χ1v) is 17.5. The van der Waals surface area contributed by atoms with E-state index in [1.807, 2.05) is 66.7 Å². The molecule has 0 saturated heterocycles. The van der Waals surface area contributed by atoms with Crippen molar-refractivity contribution in [3.8, 4) is 22.9 Å². The van der Waals surface area contributed by atoms with Crippen LogP contribution >= 0.6 is 35.1 Å². The third-order valence-corrected chi connectivity index (χ3v) is 9.73. The number of fused-ring (bicyclic) bond motifs is 2. The van der Waals surface area contributed by atoms with Crippen molar-refractivity contribution in [1.29, 1.82) is 0 Å². The summed E-state index contributed by atoms with van der Waals surface area (Å²) in [7, 11) is -1.43. The van der Waals surface area contributed by atoms with Crippen LogP contribution in [0.3, 0.4) is 0 Å². The molecule has 250 valence electrons. The van der Waals surface area contributed by atoms with Crippen molar-refractivity contribution in [2.75, 3.05) is 9.44 Å². The van der Waals surface area contributed by atoms with Crippen molar-refractivity contribution in [2.45, 2.75) is 9.79 Å². The normalized spacial score (nSPS) is 11.7. The Bertz CT molecular complexity index is 2470. The van der Waals surface area contributed by atoms with Crippen LogP contribution in [0.25, 0.3) is 45.0 Å². The van der Waals surface area contributed by atoms with E-state index in [4.69, 9.17) is 27.6 Å². The number of rotatable bonds is 8. The standard InChI is InChI=1S/C18H11ClF2N4S.C17H12ClN3O2S/c19-12-3-1-2-4-14(12)25-26-11-5-6-15-16(8-11)24-18(23-15)17-13(21)7-10(20)9-22-17;18-13-3-1-2-4-14(13)21-24(22)12-5-6-15-16(9-12)20-17(19-15)11-7-8-23-10-11/h1-9,25H,(H,23,24);1-10,21H,(H,19,20). The molecule has 8 aromatic rings. The lowest BCUT2D eigenvalue weighted by Crippen LogP contribution is -2.04. The van der Waals surface area contributed by atoms with Crippen LogP contribution in [-0.4, -0.2) is 29.1 Å². The average Bonchev–Trinajstić information content (AvgIpc) is 3.89. The molecule has 0 fully saturated rings. The van der Waals surface area contributed by atoms with Gasteiger partial charge in [-0.25, -0.2) is 27.9 Å². The van der Waals surface area contributed by atoms with Gasteiger partial charge in [0.15, 0.2) is 11.6 Å². The molecule has 0 bridgehead atoms. The number of hydrogen-bond acceptors (Lipinski definition) is 7. The fourth-order valence-corrected chi connectivity index (χ4v) is 6.86. The summed E-state index contributed by atoms with van der Waals surface area (Å²) in [5.74, 6) is -0.537. The van der Waals surface area contributed by atoms with Gasteiger partial charge in [-0.1, -0.05) is 47.5 Å². The molecule has 15 heteroatoms. The van der Waals surface area contributed by atoms with Crippen LogP contribution in [0.2, 0.25) is 10.0 Å². The number of nitrogens with zero attached hydrogens (tertiary/aromatic N) is 3. The summed E-state index contributed by atoms with van der Waals surface area (Å²) in [5, 5.41) is 1.15. The molecule has 0 aliphatic heterocycles. The lowest BCUT2D eigenvalue weighted by molar-refractivity contribution is 0.568. The van der Waals surface area contributed by atoms with Gasteiger partial charge in [-0.3, -0.25) is 4.72 Å². The van der Waals surface area contributed by atoms with Gasteiger partial charge in [0, 0.05) is 11.0 Å². The summed E-state index contributed by atoms with van der Waals surface area (Å²) in [6, 6.07) is 28.2. The summed E-state index contributed by atoms with van der Waals surface area (Å²) in [6.07, 6.45) is 4.17. The van der Waals surface area contributed by atoms with E-state index in [9.17, 15) is 13.0 Å². The molecule has 1 atom stereocenters. The lowest BCUT2D eigenvalue weighted by atomic mass is 10.3. The number of aromatic amines is 2. The van der Waals surface area contributed by atoms with Crippen LogP contribution in [0.15, 0.2) is 130 Å². The van der Waals surface area contributed by atoms with Gasteiger partial charge < -0.3 is 19.1 Å². The van der Waals surface area contributed by atoms with Crippen LogP contribution in [0.5, 0.6) is 0 Å². The number of para-hydroxylation sites is 2. The third kappa shape index (κ3) is 7.50. The first-order chi connectivity index (χ1) is 24.3. The molecule has 0 amide bonds. The molecule has 4 aromatic heterocycles. The van der Waals surface area contributed by atoms with Crippen LogP contribution in [0, 0.1) is 11.6 Å². The number of anilines is 2. The fourth-order valence-electron chi connectivity index (χ4n) is 4.75. The molecule has 50 heavy (non-hydrogen) atoms. The minimum absolute atomic E-state index is 0.0222. The largest absolute Gasteiger partial charge is 0.472 e. The highest BCUT2D eigenvalue weighted by atomic mass is 35.5. The average molecular weight is 747 g/mol. The van der Waals surface area contributed by atoms with Crippen molar-refractivity contribution in [2.24, 2.45) is 0 Å². The van der Waals surface area contributed by atoms with Crippen molar-refractivity contribution in [1.82, 2.24) is 24.9 Å². The van der Waals surface area contributed by atoms with Gasteiger partial charge in [0.25, 0.3) is 0 Å². The van der Waals surface area contributed by atoms with Gasteiger partial charge in [-0.05, 0) is 78.7 Å². The Balaban J connectivity index is 0.000000157. The molecule has 8 rings (SSSR count).